The molecule has 0 aliphatic rings. The van der Waals surface area contributed by atoms with Crippen LogP contribution in [0, 0.1) is 0 Å². The number of aliphatic carboxylic acids is 1. The highest BCUT2D eigenvalue weighted by atomic mass is 19.3. The average Bonchev–Trinajstić information content (AvgIpc) is 2.72. The number of aliphatic hydroxyl groups excluding tert-OH is 1. The summed E-state index contributed by atoms with van der Waals surface area (Å²) in [5.41, 5.74) is -0.0880. The van der Waals surface area contributed by atoms with E-state index >= 15 is 0 Å². The summed E-state index contributed by atoms with van der Waals surface area (Å²) < 4.78 is 25.4. The van der Waals surface area contributed by atoms with Crippen LogP contribution in [0.4, 0.5) is 8.78 Å². The van der Waals surface area contributed by atoms with Gasteiger partial charge in [-0.2, -0.15) is 0 Å². The molecule has 1 atom stereocenters. The van der Waals surface area contributed by atoms with E-state index in [0.29, 0.717) is 0 Å². The molecule has 0 bridgehead atoms. The topological polar surface area (TPSA) is 91.6 Å². The first-order valence-corrected chi connectivity index (χ1v) is 5.03. The third kappa shape index (κ3) is 3.52. The van der Waals surface area contributed by atoms with E-state index < -0.39 is 37.5 Å². The maximum Gasteiger partial charge on any atom is 0.328 e. The number of aromatic nitrogens is 1. The first-order valence-electron chi connectivity index (χ1n) is 5.03. The van der Waals surface area contributed by atoms with Crippen molar-refractivity contribution in [3.8, 4) is 0 Å². The number of carboxylic acid groups (broad SMARTS) is 1. The van der Waals surface area contributed by atoms with Gasteiger partial charge in [0.15, 0.2) is 6.04 Å². The highest BCUT2D eigenvalue weighted by Crippen LogP contribution is 2.06. The van der Waals surface area contributed by atoms with Crippen molar-refractivity contribution in [2.75, 3.05) is 6.61 Å². The van der Waals surface area contributed by atoms with Crippen molar-refractivity contribution in [1.82, 2.24) is 9.88 Å². The van der Waals surface area contributed by atoms with Crippen LogP contribution in [0.2, 0.25) is 0 Å². The Bertz CT molecular complexity index is 433. The first-order chi connectivity index (χ1) is 8.45. The van der Waals surface area contributed by atoms with Crippen LogP contribution < -0.4 is 5.32 Å². The SMILES string of the molecule is O=C(NC(CO)C(=O)O)c1cccn1CC(F)F. The van der Waals surface area contributed by atoms with Crippen LogP contribution in [-0.4, -0.2) is 45.7 Å². The number of rotatable bonds is 6. The van der Waals surface area contributed by atoms with Crippen molar-refractivity contribution in [3.63, 3.8) is 0 Å². The number of halogens is 2. The van der Waals surface area contributed by atoms with Crippen LogP contribution in [-0.2, 0) is 11.3 Å². The van der Waals surface area contributed by atoms with E-state index in [2.05, 4.69) is 0 Å². The largest absolute Gasteiger partial charge is 0.480 e. The maximum absolute atomic E-state index is 12.2. The fourth-order valence-electron chi connectivity index (χ4n) is 1.35. The Hall–Kier alpha value is -1.96. The van der Waals surface area contributed by atoms with Crippen molar-refractivity contribution in [3.05, 3.63) is 24.0 Å². The number of alkyl halides is 2. The minimum absolute atomic E-state index is 0.0880. The van der Waals surface area contributed by atoms with Crippen LogP contribution in [0.15, 0.2) is 18.3 Å². The minimum atomic E-state index is -2.63. The van der Waals surface area contributed by atoms with E-state index in [1.54, 1.807) is 0 Å². The van der Waals surface area contributed by atoms with Crippen LogP contribution in [0.25, 0.3) is 0 Å². The van der Waals surface area contributed by atoms with Gasteiger partial charge in [-0.1, -0.05) is 0 Å². The molecule has 3 N–H and O–H groups in total. The second-order valence-electron chi connectivity index (χ2n) is 3.48. The molecule has 0 saturated carbocycles. The zero-order valence-corrected chi connectivity index (χ0v) is 9.22. The molecule has 0 spiro atoms. The third-order valence-corrected chi connectivity index (χ3v) is 2.18. The van der Waals surface area contributed by atoms with Crippen LogP contribution in [0.5, 0.6) is 0 Å². The molecule has 0 aliphatic carbocycles. The number of aliphatic hydroxyl groups is 1. The van der Waals surface area contributed by atoms with Gasteiger partial charge in [0.1, 0.15) is 5.69 Å². The number of amides is 1. The molecule has 1 aromatic rings. The molecule has 18 heavy (non-hydrogen) atoms. The number of nitrogens with zero attached hydrogens (tertiary/aromatic N) is 1. The smallest absolute Gasteiger partial charge is 0.328 e. The van der Waals surface area contributed by atoms with Crippen LogP contribution in [0.1, 0.15) is 10.5 Å². The number of carboxylic acids is 1. The van der Waals surface area contributed by atoms with Gasteiger partial charge in [-0.15, -0.1) is 0 Å². The van der Waals surface area contributed by atoms with Crippen LogP contribution >= 0.6 is 0 Å². The van der Waals surface area contributed by atoms with Crippen molar-refractivity contribution >= 4 is 11.9 Å². The highest BCUT2D eigenvalue weighted by Gasteiger charge is 2.21. The normalized spacial score (nSPS) is 12.4. The Morgan fingerprint density at radius 2 is 2.11 bits per heavy atom. The number of carbonyl (C=O) groups is 2. The molecule has 6 nitrogen and oxygen atoms in total. The Kier molecular flexibility index (Phi) is 4.78. The van der Waals surface area contributed by atoms with Gasteiger partial charge in [-0.3, -0.25) is 4.79 Å². The van der Waals surface area contributed by atoms with E-state index in [1.165, 1.54) is 18.3 Å². The molecule has 0 aliphatic heterocycles. The van der Waals surface area contributed by atoms with Gasteiger partial charge in [0.25, 0.3) is 12.3 Å². The van der Waals surface area contributed by atoms with Gasteiger partial charge in [-0.05, 0) is 12.1 Å². The molecule has 0 fully saturated rings. The lowest BCUT2D eigenvalue weighted by molar-refractivity contribution is -0.140. The van der Waals surface area contributed by atoms with E-state index in [1.807, 2.05) is 5.32 Å². The lowest BCUT2D eigenvalue weighted by atomic mass is 10.3. The molecule has 0 radical (unpaired) electrons. The average molecular weight is 262 g/mol. The van der Waals surface area contributed by atoms with E-state index in [-0.39, 0.29) is 5.69 Å². The summed E-state index contributed by atoms with van der Waals surface area (Å²) in [6, 6.07) is 1.22. The molecule has 0 aromatic carbocycles. The predicted octanol–water partition coefficient (Wildman–Crippen LogP) is -0.0715. The van der Waals surface area contributed by atoms with Crippen molar-refractivity contribution < 1.29 is 28.6 Å². The maximum atomic E-state index is 12.2. The Balaban J connectivity index is 2.78. The molecule has 8 heteroatoms. The quantitative estimate of drug-likeness (QED) is 0.669. The molecular formula is C10H12F2N2O4. The highest BCUT2D eigenvalue weighted by molar-refractivity contribution is 5.95. The van der Waals surface area contributed by atoms with E-state index in [0.717, 1.165) is 4.57 Å². The van der Waals surface area contributed by atoms with E-state index in [4.69, 9.17) is 10.2 Å². The molecule has 1 rings (SSSR count). The summed E-state index contributed by atoms with van der Waals surface area (Å²) in [6.07, 6.45) is -1.34. The van der Waals surface area contributed by atoms with Gasteiger partial charge >= 0.3 is 5.97 Å². The fourth-order valence-corrected chi connectivity index (χ4v) is 1.35. The zero-order chi connectivity index (χ0) is 13.7. The molecule has 1 aromatic heterocycles. The Labute approximate surface area is 101 Å². The number of hydrogen-bond donors (Lipinski definition) is 3. The number of carbonyl (C=O) groups excluding carboxylic acids is 1. The molecule has 0 saturated heterocycles. The van der Waals surface area contributed by atoms with Gasteiger partial charge < -0.3 is 20.1 Å². The standard InChI is InChI=1S/C10H12F2N2O4/c11-8(12)4-14-3-1-2-7(14)9(16)13-6(5-15)10(17)18/h1-3,6,8,15H,4-5H2,(H,13,16)(H,17,18). The lowest BCUT2D eigenvalue weighted by Crippen LogP contribution is -2.44. The molecule has 1 unspecified atom stereocenters. The second kappa shape index (κ2) is 6.10. The lowest BCUT2D eigenvalue weighted by Gasteiger charge is -2.13. The second-order valence-corrected chi connectivity index (χ2v) is 3.48. The summed E-state index contributed by atoms with van der Waals surface area (Å²) in [5.74, 6) is -2.24. The molecule has 1 heterocycles. The van der Waals surface area contributed by atoms with Gasteiger partial charge in [0.05, 0.1) is 13.2 Å². The Morgan fingerprint density at radius 3 is 2.61 bits per heavy atom. The predicted molar refractivity (Wildman–Crippen MR) is 56.4 cm³/mol. The van der Waals surface area contributed by atoms with Gasteiger partial charge in [0, 0.05) is 6.20 Å². The van der Waals surface area contributed by atoms with Gasteiger partial charge in [0.2, 0.25) is 0 Å². The number of nitrogens with one attached hydrogen (secondary N) is 1. The van der Waals surface area contributed by atoms with Crippen molar-refractivity contribution in [2.24, 2.45) is 0 Å². The summed E-state index contributed by atoms with van der Waals surface area (Å²) in [7, 11) is 0. The third-order valence-electron chi connectivity index (χ3n) is 2.18. The van der Waals surface area contributed by atoms with Crippen LogP contribution in [0.3, 0.4) is 0 Å². The van der Waals surface area contributed by atoms with E-state index in [9.17, 15) is 18.4 Å². The molecular weight excluding hydrogens is 250 g/mol. The van der Waals surface area contributed by atoms with Gasteiger partial charge in [-0.25, -0.2) is 13.6 Å². The first kappa shape index (κ1) is 14.1. The zero-order valence-electron chi connectivity index (χ0n) is 9.22. The summed E-state index contributed by atoms with van der Waals surface area (Å²) in [5, 5.41) is 19.4. The Morgan fingerprint density at radius 1 is 1.44 bits per heavy atom. The fraction of sp³-hybridized carbons (Fsp3) is 0.400. The summed E-state index contributed by atoms with van der Waals surface area (Å²) in [6.45, 7) is -1.44. The molecule has 100 valence electrons. The minimum Gasteiger partial charge on any atom is -0.480 e. The monoisotopic (exact) mass is 262 g/mol. The summed E-state index contributed by atoms with van der Waals surface area (Å²) in [4.78, 5) is 22.2. The molecule has 1 amide bonds. The van der Waals surface area contributed by atoms with Crippen molar-refractivity contribution in [2.45, 2.75) is 19.0 Å². The van der Waals surface area contributed by atoms with Crippen molar-refractivity contribution in [1.29, 1.82) is 0 Å². The summed E-state index contributed by atoms with van der Waals surface area (Å²) >= 11 is 0. The number of hydrogen-bond acceptors (Lipinski definition) is 3.